The second kappa shape index (κ2) is 198. The topological polar surface area (TPSA) is 0 Å². The van der Waals surface area contributed by atoms with Gasteiger partial charge in [-0.05, 0) is 11.0 Å². The molecule has 0 radical (unpaired) electrons. The Morgan fingerprint density at radius 1 is 1.20 bits per heavy atom. The Balaban J connectivity index is -0.00000000246. The average Bonchev–Trinajstić information content (AvgIpc) is 1.46. The van der Waals surface area contributed by atoms with Crippen molar-refractivity contribution < 1.29 is 51.0 Å². The minimum atomic E-state index is 0. The Bertz CT molecular complexity index is 29.7. The van der Waals surface area contributed by atoms with Gasteiger partial charge in [0.1, 0.15) is 0 Å². The van der Waals surface area contributed by atoms with E-state index in [1.807, 2.05) is 0 Å². The van der Waals surface area contributed by atoms with Crippen LogP contribution in [0.2, 0.25) is 0 Å². The summed E-state index contributed by atoms with van der Waals surface area (Å²) in [6.45, 7) is 13.5. The molecule has 0 saturated carbocycles. The van der Waals surface area contributed by atoms with Crippen molar-refractivity contribution in [3.8, 4) is 0 Å². The van der Waals surface area contributed by atoms with Gasteiger partial charge in [-0.1, -0.05) is 0 Å². The third-order valence-electron chi connectivity index (χ3n) is 0. The summed E-state index contributed by atoms with van der Waals surface area (Å²) in [6, 6.07) is 0. The third-order valence-corrected chi connectivity index (χ3v) is 0. The maximum atomic E-state index is 4.25. The first-order valence-corrected chi connectivity index (χ1v) is 1.22. The molecule has 0 aliphatic carbocycles. The monoisotopic (exact) mass is 275 g/mol. The molecule has 0 atom stereocenters. The van der Waals surface area contributed by atoms with Crippen LogP contribution in [0.15, 0.2) is 19.2 Å². The van der Waals surface area contributed by atoms with Gasteiger partial charge in [0.25, 0.3) is 0 Å². The van der Waals surface area contributed by atoms with Gasteiger partial charge < -0.3 is 38.8 Å². The minimum Gasteiger partial charge on any atom is -1.00 e. The van der Waals surface area contributed by atoms with Crippen molar-refractivity contribution in [1.82, 2.24) is 0 Å². The fourth-order valence-electron chi connectivity index (χ4n) is 0. The SMILES string of the molecule is C=C[CH2-].[CH-]=C.[CH3-].[Cl-].[Cl-].[SiH4].[Zr+2]. The van der Waals surface area contributed by atoms with Crippen molar-refractivity contribution in [2.75, 3.05) is 0 Å². The van der Waals surface area contributed by atoms with E-state index in [2.05, 4.69) is 26.7 Å². The van der Waals surface area contributed by atoms with E-state index in [0.717, 1.165) is 0 Å². The van der Waals surface area contributed by atoms with Gasteiger partial charge in [-0.15, -0.1) is 0 Å². The molecule has 0 aromatic carbocycles. The van der Waals surface area contributed by atoms with Gasteiger partial charge in [-0.25, -0.2) is 19.6 Å². The van der Waals surface area contributed by atoms with Gasteiger partial charge in [0.05, 0.1) is 0 Å². The molecule has 10 heavy (non-hydrogen) atoms. The molecular formula is C6H15Cl2SiZr-3. The first-order chi connectivity index (χ1) is 2.41. The van der Waals surface area contributed by atoms with Crippen LogP contribution in [0.3, 0.4) is 0 Å². The number of halogens is 2. The number of allylic oxidation sites excluding steroid dienone is 1. The summed E-state index contributed by atoms with van der Waals surface area (Å²) in [6.07, 6.45) is 1.50. The molecule has 0 unspecified atom stereocenters. The average molecular weight is 277 g/mol. The molecule has 0 aromatic heterocycles. The Hall–Kier alpha value is 1.03. The smallest absolute Gasteiger partial charge is 1.00 e. The van der Waals surface area contributed by atoms with E-state index in [0.29, 0.717) is 0 Å². The van der Waals surface area contributed by atoms with Crippen LogP contribution in [0.4, 0.5) is 0 Å². The van der Waals surface area contributed by atoms with Crippen molar-refractivity contribution in [1.29, 1.82) is 0 Å². The fraction of sp³-hybridized carbons (Fsp3) is 0. The van der Waals surface area contributed by atoms with Crippen LogP contribution >= 0.6 is 0 Å². The van der Waals surface area contributed by atoms with E-state index in [1.165, 1.54) is 6.08 Å². The summed E-state index contributed by atoms with van der Waals surface area (Å²) >= 11 is 0. The van der Waals surface area contributed by atoms with Crippen LogP contribution in [0.25, 0.3) is 0 Å². The maximum absolute atomic E-state index is 4.25. The van der Waals surface area contributed by atoms with E-state index in [-0.39, 0.29) is 69.4 Å². The molecule has 0 rings (SSSR count). The Kier molecular flexibility index (Phi) is 1360. The molecule has 0 saturated heterocycles. The van der Waals surface area contributed by atoms with Gasteiger partial charge in [-0.2, -0.15) is 0 Å². The van der Waals surface area contributed by atoms with Gasteiger partial charge in [0.15, 0.2) is 0 Å². The zero-order valence-electron chi connectivity index (χ0n) is 5.53. The molecule has 0 bridgehead atoms. The molecule has 0 aromatic rings. The van der Waals surface area contributed by atoms with Gasteiger partial charge >= 0.3 is 26.2 Å². The summed E-state index contributed by atoms with van der Waals surface area (Å²) in [4.78, 5) is 0. The van der Waals surface area contributed by atoms with Crippen LogP contribution in [0.1, 0.15) is 0 Å². The quantitative estimate of drug-likeness (QED) is 0.306. The third kappa shape index (κ3) is 549. The molecule has 0 aliphatic heterocycles. The van der Waals surface area contributed by atoms with E-state index < -0.39 is 0 Å². The maximum Gasteiger partial charge on any atom is 2.00 e. The summed E-state index contributed by atoms with van der Waals surface area (Å²) in [5.41, 5.74) is 0. The fourth-order valence-corrected chi connectivity index (χ4v) is 0. The van der Waals surface area contributed by atoms with Crippen molar-refractivity contribution in [3.63, 3.8) is 0 Å². The molecule has 0 fully saturated rings. The Morgan fingerprint density at radius 2 is 1.20 bits per heavy atom. The predicted molar refractivity (Wildman–Crippen MR) is 43.2 cm³/mol. The molecule has 0 heterocycles. The molecule has 0 aliphatic rings. The van der Waals surface area contributed by atoms with Crippen LogP contribution in [-0.2, 0) is 26.2 Å². The Labute approximate surface area is 102 Å². The first kappa shape index (κ1) is 68.3. The molecule has 0 N–H and O–H groups in total. The first-order valence-electron chi connectivity index (χ1n) is 1.22. The molecular weight excluding hydrogens is 262 g/mol. The van der Waals surface area contributed by atoms with Crippen LogP contribution in [0, 0.1) is 20.9 Å². The van der Waals surface area contributed by atoms with Crippen LogP contribution in [0.5, 0.6) is 0 Å². The van der Waals surface area contributed by atoms with Crippen molar-refractivity contribution in [2.45, 2.75) is 0 Å². The zero-order valence-corrected chi connectivity index (χ0v) is 9.50. The van der Waals surface area contributed by atoms with Crippen molar-refractivity contribution in [2.24, 2.45) is 0 Å². The van der Waals surface area contributed by atoms with E-state index >= 15 is 0 Å². The second-order valence-electron chi connectivity index (χ2n) is 0.289. The van der Waals surface area contributed by atoms with Crippen molar-refractivity contribution in [3.05, 3.63) is 40.2 Å². The van der Waals surface area contributed by atoms with Gasteiger partial charge in [-0.3, -0.25) is 6.58 Å². The van der Waals surface area contributed by atoms with Crippen LogP contribution < -0.4 is 24.8 Å². The second-order valence-corrected chi connectivity index (χ2v) is 0.289. The number of hydrogen-bond acceptors (Lipinski definition) is 0. The van der Waals surface area contributed by atoms with E-state index in [1.54, 1.807) is 0 Å². The summed E-state index contributed by atoms with van der Waals surface area (Å²) in [5, 5.41) is 0. The summed E-state index contributed by atoms with van der Waals surface area (Å²) < 4.78 is 0. The normalized spacial score (nSPS) is 1.60. The summed E-state index contributed by atoms with van der Waals surface area (Å²) in [5.74, 6) is 0. The molecule has 0 amide bonds. The number of hydrogen-bond donors (Lipinski definition) is 0. The Morgan fingerprint density at radius 3 is 1.20 bits per heavy atom. The summed E-state index contributed by atoms with van der Waals surface area (Å²) in [7, 11) is 0. The predicted octanol–water partition coefficient (Wildman–Crippen LogP) is -5.38. The largest absolute Gasteiger partial charge is 2.00 e. The molecule has 0 spiro atoms. The van der Waals surface area contributed by atoms with Crippen LogP contribution in [-0.4, -0.2) is 11.0 Å². The van der Waals surface area contributed by atoms with Crippen molar-refractivity contribution >= 4 is 11.0 Å². The van der Waals surface area contributed by atoms with Gasteiger partial charge in [0.2, 0.25) is 0 Å². The van der Waals surface area contributed by atoms with Gasteiger partial charge in [0, 0.05) is 0 Å². The standard InChI is InChI=1S/C3H5.C2H3.CH3.2ClH.H4Si.Zr/c1-3-2;1-2;;;;;/h3H,1-2H2;1H,2H2;1H3;2*1H;1H4;/q3*-1;;;;+2/p-2. The van der Waals surface area contributed by atoms with E-state index in [4.69, 9.17) is 0 Å². The van der Waals surface area contributed by atoms with E-state index in [9.17, 15) is 0 Å². The minimum absolute atomic E-state index is 0. The molecule has 4 heteroatoms. The zero-order chi connectivity index (χ0) is 4.71. The number of rotatable bonds is 0. The molecule has 64 valence electrons. The molecule has 0 nitrogen and oxygen atoms in total.